The summed E-state index contributed by atoms with van der Waals surface area (Å²) >= 11 is 0. The zero-order valence-electron chi connectivity index (χ0n) is 11.0. The van der Waals surface area contributed by atoms with Crippen LogP contribution in [0.15, 0.2) is 33.9 Å². The lowest BCUT2D eigenvalue weighted by atomic mass is 9.68. The van der Waals surface area contributed by atoms with Crippen LogP contribution in [-0.4, -0.2) is 28.2 Å². The van der Waals surface area contributed by atoms with E-state index in [9.17, 15) is 15.0 Å². The van der Waals surface area contributed by atoms with Gasteiger partial charge in [-0.2, -0.15) is 0 Å². The second-order valence-electron chi connectivity index (χ2n) is 5.86. The van der Waals surface area contributed by atoms with Crippen molar-refractivity contribution in [3.63, 3.8) is 0 Å². The largest absolute Gasteiger partial charge is 0.392 e. The number of ketones is 1. The first-order chi connectivity index (χ1) is 8.37. The molecule has 1 atom stereocenters. The maximum absolute atomic E-state index is 12.5. The Morgan fingerprint density at radius 2 is 1.94 bits per heavy atom. The molecule has 0 saturated heterocycles. The van der Waals surface area contributed by atoms with Crippen molar-refractivity contribution in [1.29, 1.82) is 0 Å². The maximum Gasteiger partial charge on any atom is 0.195 e. The van der Waals surface area contributed by atoms with Crippen molar-refractivity contribution in [3.05, 3.63) is 33.9 Å². The second kappa shape index (κ2) is 3.22. The molecular weight excluding hydrogens is 230 g/mol. The minimum Gasteiger partial charge on any atom is -0.392 e. The van der Waals surface area contributed by atoms with Gasteiger partial charge in [0.25, 0.3) is 0 Å². The SMILES string of the molecule is CC1=C([14CH2]O)C2=C(C)C3(CC3)[C@@](C)(O)C(=O)C2=C1. The molecule has 1 spiro atoms. The fourth-order valence-electron chi connectivity index (χ4n) is 3.62. The van der Waals surface area contributed by atoms with E-state index in [0.717, 1.165) is 35.1 Å². The van der Waals surface area contributed by atoms with E-state index in [1.807, 2.05) is 13.8 Å². The third-order valence-electron chi connectivity index (χ3n) is 5.03. The second-order valence-corrected chi connectivity index (χ2v) is 5.86. The predicted octanol–water partition coefficient (Wildman–Crippen LogP) is 1.67. The summed E-state index contributed by atoms with van der Waals surface area (Å²) in [5, 5.41) is 20.1. The molecule has 0 amide bonds. The Morgan fingerprint density at radius 1 is 1.33 bits per heavy atom. The number of carbonyl (C=O) groups excluding carboxylic acids is 1. The summed E-state index contributed by atoms with van der Waals surface area (Å²) < 4.78 is 0. The number of Topliss-reactive ketones (excluding diaryl/α,β-unsaturated/α-hetero) is 1. The van der Waals surface area contributed by atoms with Crippen molar-refractivity contribution in [2.24, 2.45) is 5.41 Å². The number of aliphatic hydroxyl groups excluding tert-OH is 1. The fourth-order valence-corrected chi connectivity index (χ4v) is 3.62. The highest BCUT2D eigenvalue weighted by molar-refractivity contribution is 6.10. The van der Waals surface area contributed by atoms with Crippen molar-refractivity contribution in [1.82, 2.24) is 0 Å². The molecule has 0 aromatic carbocycles. The van der Waals surface area contributed by atoms with Crippen LogP contribution in [-0.2, 0) is 4.79 Å². The van der Waals surface area contributed by atoms with Crippen LogP contribution in [0.3, 0.4) is 0 Å². The van der Waals surface area contributed by atoms with Gasteiger partial charge in [0.05, 0.1) is 6.61 Å². The zero-order valence-corrected chi connectivity index (χ0v) is 11.0. The molecule has 3 aliphatic rings. The molecule has 3 rings (SSSR count). The van der Waals surface area contributed by atoms with Crippen LogP contribution in [0.1, 0.15) is 33.6 Å². The van der Waals surface area contributed by atoms with Gasteiger partial charge in [-0.15, -0.1) is 0 Å². The summed E-state index contributed by atoms with van der Waals surface area (Å²) in [6.45, 7) is 5.48. The van der Waals surface area contributed by atoms with Gasteiger partial charge in [-0.25, -0.2) is 0 Å². The first-order valence-corrected chi connectivity index (χ1v) is 6.38. The average Bonchev–Trinajstić information content (AvgIpc) is 3.06. The average molecular weight is 248 g/mol. The maximum atomic E-state index is 12.5. The van der Waals surface area contributed by atoms with Crippen LogP contribution in [0.2, 0.25) is 0 Å². The topological polar surface area (TPSA) is 57.5 Å². The standard InChI is InChI=1S/C15H18O3/c1-8-6-10-12(11(8)7-16)9(2)15(4-5-15)14(3,18)13(10)17/h6,16,18H,4-5,7H2,1-3H3/t14-/m0/s1/i7+2. The third-order valence-corrected chi connectivity index (χ3v) is 5.03. The quantitative estimate of drug-likeness (QED) is 0.742. The molecule has 3 heteroatoms. The zero-order chi connectivity index (χ0) is 13.3. The molecule has 0 bridgehead atoms. The summed E-state index contributed by atoms with van der Waals surface area (Å²) in [5.41, 5.74) is 2.64. The van der Waals surface area contributed by atoms with Crippen molar-refractivity contribution >= 4 is 5.78 Å². The molecule has 18 heavy (non-hydrogen) atoms. The van der Waals surface area contributed by atoms with Gasteiger partial charge >= 0.3 is 0 Å². The summed E-state index contributed by atoms with van der Waals surface area (Å²) in [7, 11) is 0. The van der Waals surface area contributed by atoms with Crippen LogP contribution in [0, 0.1) is 5.41 Å². The Kier molecular flexibility index (Phi) is 2.13. The Bertz CT molecular complexity index is 554. The van der Waals surface area contributed by atoms with Crippen molar-refractivity contribution in [3.8, 4) is 0 Å². The molecule has 96 valence electrons. The molecular formula is C15H18O3. The molecule has 0 radical (unpaired) electrons. The lowest BCUT2D eigenvalue weighted by Crippen LogP contribution is -2.49. The third kappa shape index (κ3) is 1.09. The van der Waals surface area contributed by atoms with Crippen molar-refractivity contribution in [2.75, 3.05) is 6.61 Å². The predicted molar refractivity (Wildman–Crippen MR) is 67.9 cm³/mol. The van der Waals surface area contributed by atoms with Crippen LogP contribution < -0.4 is 0 Å². The highest BCUT2D eigenvalue weighted by atomic mass is 16.5. The highest BCUT2D eigenvalue weighted by Crippen LogP contribution is 2.64. The number of allylic oxidation sites excluding steroid dienone is 2. The summed E-state index contributed by atoms with van der Waals surface area (Å²) in [6.07, 6.45) is 3.51. The number of rotatable bonds is 1. The Morgan fingerprint density at radius 3 is 2.44 bits per heavy atom. The lowest BCUT2D eigenvalue weighted by Gasteiger charge is -2.39. The van der Waals surface area contributed by atoms with Crippen molar-refractivity contribution in [2.45, 2.75) is 39.2 Å². The number of aliphatic hydroxyl groups is 2. The molecule has 2 N–H and O–H groups in total. The molecule has 3 nitrogen and oxygen atoms in total. The van der Waals surface area contributed by atoms with E-state index in [2.05, 4.69) is 0 Å². The molecule has 0 heterocycles. The normalized spacial score (nSPS) is 33.2. The fraction of sp³-hybridized carbons (Fsp3) is 0.533. The van der Waals surface area contributed by atoms with E-state index < -0.39 is 5.60 Å². The summed E-state index contributed by atoms with van der Waals surface area (Å²) in [6, 6.07) is 0. The molecule has 0 aromatic rings. The smallest absolute Gasteiger partial charge is 0.195 e. The molecule has 0 aliphatic heterocycles. The van der Waals surface area contributed by atoms with Gasteiger partial charge in [0.15, 0.2) is 5.78 Å². The van der Waals surface area contributed by atoms with Gasteiger partial charge in [-0.3, -0.25) is 4.79 Å². The summed E-state index contributed by atoms with van der Waals surface area (Å²) in [4.78, 5) is 12.5. The van der Waals surface area contributed by atoms with Crippen molar-refractivity contribution < 1.29 is 15.0 Å². The van der Waals surface area contributed by atoms with E-state index in [1.54, 1.807) is 13.0 Å². The Labute approximate surface area is 107 Å². The molecule has 0 aromatic heterocycles. The van der Waals surface area contributed by atoms with Gasteiger partial charge in [-0.1, -0.05) is 5.57 Å². The first-order valence-electron chi connectivity index (χ1n) is 6.38. The van der Waals surface area contributed by atoms with E-state index in [1.165, 1.54) is 0 Å². The van der Waals surface area contributed by atoms with Crippen LogP contribution in [0.4, 0.5) is 0 Å². The Hall–Kier alpha value is -1.19. The van der Waals surface area contributed by atoms with Crippen LogP contribution >= 0.6 is 0 Å². The number of fused-ring (bicyclic) bond motifs is 1. The van der Waals surface area contributed by atoms with Gasteiger partial charge < -0.3 is 10.2 Å². The van der Waals surface area contributed by atoms with Crippen LogP contribution in [0.25, 0.3) is 0 Å². The molecule has 3 aliphatic carbocycles. The number of carbonyl (C=O) groups is 1. The first kappa shape index (κ1) is 11.9. The minimum atomic E-state index is -1.29. The minimum absolute atomic E-state index is 0.0516. The van der Waals surface area contributed by atoms with E-state index in [0.29, 0.717) is 5.57 Å². The van der Waals surface area contributed by atoms with E-state index in [-0.39, 0.29) is 17.8 Å². The van der Waals surface area contributed by atoms with Gasteiger partial charge in [0.2, 0.25) is 0 Å². The summed E-state index contributed by atoms with van der Waals surface area (Å²) in [5.74, 6) is -0.191. The van der Waals surface area contributed by atoms with E-state index >= 15 is 0 Å². The molecule has 0 unspecified atom stereocenters. The van der Waals surface area contributed by atoms with E-state index in [4.69, 9.17) is 0 Å². The number of hydrogen-bond donors (Lipinski definition) is 2. The molecule has 1 fully saturated rings. The van der Waals surface area contributed by atoms with Gasteiger partial charge in [0, 0.05) is 11.0 Å². The van der Waals surface area contributed by atoms with Crippen LogP contribution in [0.5, 0.6) is 0 Å². The van der Waals surface area contributed by atoms with Gasteiger partial charge in [-0.05, 0) is 56.4 Å². The number of hydrogen-bond acceptors (Lipinski definition) is 3. The lowest BCUT2D eigenvalue weighted by molar-refractivity contribution is -0.137. The van der Waals surface area contributed by atoms with Gasteiger partial charge in [0.1, 0.15) is 5.60 Å². The Balaban J connectivity index is 2.28. The molecule has 1 saturated carbocycles. The monoisotopic (exact) mass is 248 g/mol. The highest BCUT2D eigenvalue weighted by Gasteiger charge is 2.64.